The molecule has 0 aromatic heterocycles. The van der Waals surface area contributed by atoms with Crippen LogP contribution in [0, 0.1) is 0 Å². The number of carbonyl (C=O) groups excluding carboxylic acids is 1. The monoisotopic (exact) mass is 214 g/mol. The van der Waals surface area contributed by atoms with E-state index in [1.807, 2.05) is 11.8 Å². The van der Waals surface area contributed by atoms with Crippen molar-refractivity contribution in [1.29, 1.82) is 0 Å². The number of hydrogen-bond acceptors (Lipinski definition) is 3. The second-order valence-corrected chi connectivity index (χ2v) is 4.02. The molecule has 0 saturated heterocycles. The van der Waals surface area contributed by atoms with Gasteiger partial charge in [0, 0.05) is 26.2 Å². The van der Waals surface area contributed by atoms with Crippen LogP contribution in [0.15, 0.2) is 0 Å². The van der Waals surface area contributed by atoms with Gasteiger partial charge in [-0.25, -0.2) is 0 Å². The van der Waals surface area contributed by atoms with Gasteiger partial charge in [0.15, 0.2) is 0 Å². The number of carbonyl (C=O) groups is 1. The second kappa shape index (κ2) is 6.08. The molecule has 1 aliphatic carbocycles. The van der Waals surface area contributed by atoms with Gasteiger partial charge in [-0.15, -0.1) is 0 Å². The number of ether oxygens (including phenoxy) is 1. The normalized spacial score (nSPS) is 19.1. The highest BCUT2D eigenvalue weighted by Gasteiger charge is 2.29. The number of rotatable bonds is 5. The zero-order valence-electron chi connectivity index (χ0n) is 9.74. The van der Waals surface area contributed by atoms with Gasteiger partial charge in [-0.3, -0.25) is 4.79 Å². The van der Waals surface area contributed by atoms with Gasteiger partial charge < -0.3 is 15.4 Å². The number of methoxy groups -OCH3 is 1. The summed E-state index contributed by atoms with van der Waals surface area (Å²) in [6.07, 6.45) is 4.25. The highest BCUT2D eigenvalue weighted by Crippen LogP contribution is 2.23. The number of nitrogens with two attached hydrogens (primary N) is 1. The van der Waals surface area contributed by atoms with Crippen molar-refractivity contribution in [2.45, 2.75) is 44.8 Å². The SMILES string of the molecule is CCN(C(=O)C(CN)OC)C1CCCC1. The minimum Gasteiger partial charge on any atom is -0.370 e. The molecular formula is C11H22N2O2. The van der Waals surface area contributed by atoms with Gasteiger partial charge in [-0.05, 0) is 19.8 Å². The first-order valence-electron chi connectivity index (χ1n) is 5.77. The van der Waals surface area contributed by atoms with E-state index in [4.69, 9.17) is 10.5 Å². The molecule has 88 valence electrons. The van der Waals surface area contributed by atoms with Crippen LogP contribution in [-0.4, -0.2) is 43.2 Å². The maximum Gasteiger partial charge on any atom is 0.253 e. The van der Waals surface area contributed by atoms with Gasteiger partial charge in [-0.1, -0.05) is 12.8 Å². The van der Waals surface area contributed by atoms with Crippen LogP contribution in [0.1, 0.15) is 32.6 Å². The lowest BCUT2D eigenvalue weighted by molar-refractivity contribution is -0.143. The average molecular weight is 214 g/mol. The fourth-order valence-corrected chi connectivity index (χ4v) is 2.29. The molecule has 1 saturated carbocycles. The minimum absolute atomic E-state index is 0.0504. The van der Waals surface area contributed by atoms with Gasteiger partial charge >= 0.3 is 0 Å². The first-order valence-corrected chi connectivity index (χ1v) is 5.77. The lowest BCUT2D eigenvalue weighted by Gasteiger charge is -2.30. The van der Waals surface area contributed by atoms with Crippen LogP contribution in [0.3, 0.4) is 0 Å². The fraction of sp³-hybridized carbons (Fsp3) is 0.909. The van der Waals surface area contributed by atoms with Crippen LogP contribution < -0.4 is 5.73 Å². The molecule has 0 heterocycles. The molecular weight excluding hydrogens is 192 g/mol. The molecule has 1 aliphatic rings. The van der Waals surface area contributed by atoms with Gasteiger partial charge in [-0.2, -0.15) is 0 Å². The van der Waals surface area contributed by atoms with Crippen molar-refractivity contribution in [3.8, 4) is 0 Å². The summed E-state index contributed by atoms with van der Waals surface area (Å²) in [7, 11) is 1.54. The predicted molar refractivity (Wildman–Crippen MR) is 59.5 cm³/mol. The molecule has 0 spiro atoms. The number of likely N-dealkylation sites (N-methyl/N-ethyl adjacent to an activating group) is 1. The molecule has 1 amide bonds. The van der Waals surface area contributed by atoms with E-state index >= 15 is 0 Å². The molecule has 0 aromatic rings. The summed E-state index contributed by atoms with van der Waals surface area (Å²) in [5.74, 6) is 0.0504. The Bertz CT molecular complexity index is 199. The van der Waals surface area contributed by atoms with Crippen molar-refractivity contribution in [2.75, 3.05) is 20.2 Å². The van der Waals surface area contributed by atoms with Crippen molar-refractivity contribution >= 4 is 5.91 Å². The Labute approximate surface area is 91.8 Å². The molecule has 0 bridgehead atoms. The molecule has 1 fully saturated rings. The first-order chi connectivity index (χ1) is 7.24. The Morgan fingerprint density at radius 2 is 2.13 bits per heavy atom. The summed E-state index contributed by atoms with van der Waals surface area (Å²) < 4.78 is 5.09. The average Bonchev–Trinajstić information content (AvgIpc) is 2.74. The van der Waals surface area contributed by atoms with E-state index in [0.29, 0.717) is 6.04 Å². The lowest BCUT2D eigenvalue weighted by atomic mass is 10.2. The topological polar surface area (TPSA) is 55.6 Å². The third-order valence-electron chi connectivity index (χ3n) is 3.16. The number of amides is 1. The van der Waals surface area contributed by atoms with Crippen LogP contribution in [0.4, 0.5) is 0 Å². The standard InChI is InChI=1S/C11H22N2O2/c1-3-13(9-6-4-5-7-9)11(14)10(8-12)15-2/h9-10H,3-8,12H2,1-2H3. The molecule has 2 N–H and O–H groups in total. The Kier molecular flexibility index (Phi) is 5.05. The Morgan fingerprint density at radius 3 is 2.53 bits per heavy atom. The summed E-state index contributed by atoms with van der Waals surface area (Å²) in [4.78, 5) is 14.0. The van der Waals surface area contributed by atoms with E-state index in [2.05, 4.69) is 0 Å². The Hall–Kier alpha value is -0.610. The minimum atomic E-state index is -0.467. The molecule has 1 atom stereocenters. The van der Waals surface area contributed by atoms with Crippen molar-refractivity contribution < 1.29 is 9.53 Å². The number of hydrogen-bond donors (Lipinski definition) is 1. The molecule has 0 aromatic carbocycles. The van der Waals surface area contributed by atoms with Crippen LogP contribution in [0.5, 0.6) is 0 Å². The van der Waals surface area contributed by atoms with Gasteiger partial charge in [0.2, 0.25) is 0 Å². The molecule has 1 rings (SSSR count). The van der Waals surface area contributed by atoms with Crippen molar-refractivity contribution in [3.05, 3.63) is 0 Å². The van der Waals surface area contributed by atoms with E-state index in [-0.39, 0.29) is 12.5 Å². The van der Waals surface area contributed by atoms with E-state index in [1.165, 1.54) is 20.0 Å². The summed E-state index contributed by atoms with van der Waals surface area (Å²) in [6, 6.07) is 0.409. The summed E-state index contributed by atoms with van der Waals surface area (Å²) >= 11 is 0. The highest BCUT2D eigenvalue weighted by molar-refractivity contribution is 5.81. The molecule has 0 aliphatic heterocycles. The summed E-state index contributed by atoms with van der Waals surface area (Å²) in [5, 5.41) is 0. The maximum absolute atomic E-state index is 12.0. The predicted octanol–water partition coefficient (Wildman–Crippen LogP) is 0.751. The van der Waals surface area contributed by atoms with E-state index < -0.39 is 6.10 Å². The van der Waals surface area contributed by atoms with Crippen LogP contribution >= 0.6 is 0 Å². The van der Waals surface area contributed by atoms with Crippen molar-refractivity contribution in [2.24, 2.45) is 5.73 Å². The van der Waals surface area contributed by atoms with Crippen LogP contribution in [-0.2, 0) is 9.53 Å². The molecule has 1 unspecified atom stereocenters. The summed E-state index contributed by atoms with van der Waals surface area (Å²) in [6.45, 7) is 3.03. The zero-order valence-corrected chi connectivity index (χ0v) is 9.74. The molecule has 0 radical (unpaired) electrons. The smallest absolute Gasteiger partial charge is 0.253 e. The summed E-state index contributed by atoms with van der Waals surface area (Å²) in [5.41, 5.74) is 5.50. The Morgan fingerprint density at radius 1 is 1.53 bits per heavy atom. The van der Waals surface area contributed by atoms with Gasteiger partial charge in [0.1, 0.15) is 6.10 Å². The van der Waals surface area contributed by atoms with E-state index in [9.17, 15) is 4.79 Å². The van der Waals surface area contributed by atoms with Gasteiger partial charge in [0.05, 0.1) is 0 Å². The van der Waals surface area contributed by atoms with Crippen molar-refractivity contribution in [1.82, 2.24) is 4.90 Å². The van der Waals surface area contributed by atoms with E-state index in [0.717, 1.165) is 19.4 Å². The molecule has 4 heteroatoms. The maximum atomic E-state index is 12.0. The Balaban J connectivity index is 2.59. The second-order valence-electron chi connectivity index (χ2n) is 4.02. The molecule has 15 heavy (non-hydrogen) atoms. The van der Waals surface area contributed by atoms with E-state index in [1.54, 1.807) is 0 Å². The van der Waals surface area contributed by atoms with Crippen molar-refractivity contribution in [3.63, 3.8) is 0 Å². The third-order valence-corrected chi connectivity index (χ3v) is 3.16. The van der Waals surface area contributed by atoms with Gasteiger partial charge in [0.25, 0.3) is 5.91 Å². The zero-order chi connectivity index (χ0) is 11.3. The largest absolute Gasteiger partial charge is 0.370 e. The quantitative estimate of drug-likeness (QED) is 0.735. The lowest BCUT2D eigenvalue weighted by Crippen LogP contribution is -2.47. The van der Waals surface area contributed by atoms with Crippen LogP contribution in [0.2, 0.25) is 0 Å². The highest BCUT2D eigenvalue weighted by atomic mass is 16.5. The third kappa shape index (κ3) is 2.92. The number of nitrogens with zero attached hydrogens (tertiary/aromatic N) is 1. The first kappa shape index (κ1) is 12.5. The fourth-order valence-electron chi connectivity index (χ4n) is 2.29. The van der Waals surface area contributed by atoms with Crippen LogP contribution in [0.25, 0.3) is 0 Å². The molecule has 4 nitrogen and oxygen atoms in total.